The van der Waals surface area contributed by atoms with Crippen molar-refractivity contribution in [2.75, 3.05) is 33.7 Å². The number of hydrogen-bond donors (Lipinski definition) is 1. The Morgan fingerprint density at radius 3 is 2.80 bits per heavy atom. The maximum Gasteiger partial charge on any atom is 0.239 e. The average Bonchev–Trinajstić information content (AvgIpc) is 2.16. The Labute approximate surface area is 92.4 Å². The molecule has 0 radical (unpaired) electrons. The van der Waals surface area contributed by atoms with E-state index in [1.165, 1.54) is 6.42 Å². The van der Waals surface area contributed by atoms with Crippen LogP contribution in [0, 0.1) is 5.92 Å². The summed E-state index contributed by atoms with van der Waals surface area (Å²) >= 11 is 0. The lowest BCUT2D eigenvalue weighted by molar-refractivity contribution is -0.134. The molecule has 88 valence electrons. The number of carbonyl (C=O) groups is 1. The summed E-state index contributed by atoms with van der Waals surface area (Å²) in [6.07, 6.45) is 2.33. The van der Waals surface area contributed by atoms with Gasteiger partial charge in [-0.2, -0.15) is 0 Å². The van der Waals surface area contributed by atoms with Crippen LogP contribution >= 0.6 is 0 Å². The van der Waals surface area contributed by atoms with Crippen molar-refractivity contribution < 1.29 is 4.79 Å². The predicted octanol–water partition coefficient (Wildman–Crippen LogP) is 0.134. The molecular weight excluding hydrogens is 190 g/mol. The molecule has 1 saturated heterocycles. The second-order valence-electron chi connectivity index (χ2n) is 4.84. The third-order valence-electron chi connectivity index (χ3n) is 2.84. The van der Waals surface area contributed by atoms with Crippen molar-refractivity contribution >= 4 is 5.91 Å². The molecule has 0 aromatic rings. The van der Waals surface area contributed by atoms with Crippen molar-refractivity contribution in [2.45, 2.75) is 25.8 Å². The van der Waals surface area contributed by atoms with Crippen LogP contribution < -0.4 is 5.73 Å². The maximum atomic E-state index is 11.7. The largest absolute Gasteiger partial charge is 0.341 e. The number of nitrogens with two attached hydrogens (primary N) is 1. The highest BCUT2D eigenvalue weighted by atomic mass is 16.2. The molecule has 1 aliphatic rings. The monoisotopic (exact) mass is 213 g/mol. The number of carbonyl (C=O) groups excluding carboxylic acids is 1. The van der Waals surface area contributed by atoms with Gasteiger partial charge in [-0.1, -0.05) is 0 Å². The van der Waals surface area contributed by atoms with Crippen molar-refractivity contribution in [1.82, 2.24) is 9.80 Å². The molecule has 0 unspecified atom stereocenters. The van der Waals surface area contributed by atoms with Crippen LogP contribution in [0.3, 0.4) is 0 Å². The van der Waals surface area contributed by atoms with E-state index in [0.717, 1.165) is 26.1 Å². The van der Waals surface area contributed by atoms with E-state index >= 15 is 0 Å². The summed E-state index contributed by atoms with van der Waals surface area (Å²) in [5.41, 5.74) is 5.61. The van der Waals surface area contributed by atoms with Crippen molar-refractivity contribution in [3.8, 4) is 0 Å². The van der Waals surface area contributed by atoms with Crippen LogP contribution in [0.5, 0.6) is 0 Å². The summed E-state index contributed by atoms with van der Waals surface area (Å²) in [5, 5.41) is 0. The fourth-order valence-electron chi connectivity index (χ4n) is 2.22. The zero-order chi connectivity index (χ0) is 11.4. The average molecular weight is 213 g/mol. The van der Waals surface area contributed by atoms with Gasteiger partial charge in [0.25, 0.3) is 0 Å². The lowest BCUT2D eigenvalue weighted by Crippen LogP contribution is -2.48. The van der Waals surface area contributed by atoms with Gasteiger partial charge in [0, 0.05) is 19.6 Å². The van der Waals surface area contributed by atoms with E-state index in [1.807, 2.05) is 4.90 Å². The lowest BCUT2D eigenvalue weighted by atomic mass is 9.97. The van der Waals surface area contributed by atoms with Crippen LogP contribution in [0.25, 0.3) is 0 Å². The standard InChI is InChI=1S/C11H23N3O/c1-9(12)11(15)14-6-4-5-10(8-14)7-13(2)3/h9-10H,4-8,12H2,1-3H3/t9-,10+/m0/s1. The summed E-state index contributed by atoms with van der Waals surface area (Å²) < 4.78 is 0. The van der Waals surface area contributed by atoms with Gasteiger partial charge in [-0.15, -0.1) is 0 Å². The van der Waals surface area contributed by atoms with Gasteiger partial charge in [-0.25, -0.2) is 0 Å². The van der Waals surface area contributed by atoms with Gasteiger partial charge in [0.1, 0.15) is 0 Å². The van der Waals surface area contributed by atoms with Crippen LogP contribution in [-0.4, -0.2) is 55.5 Å². The molecule has 0 bridgehead atoms. The number of amides is 1. The van der Waals surface area contributed by atoms with Gasteiger partial charge in [-0.05, 0) is 39.8 Å². The minimum Gasteiger partial charge on any atom is -0.341 e. The fraction of sp³-hybridized carbons (Fsp3) is 0.909. The van der Waals surface area contributed by atoms with Crippen molar-refractivity contribution in [3.63, 3.8) is 0 Å². The zero-order valence-corrected chi connectivity index (χ0v) is 10.1. The first-order chi connectivity index (χ1) is 7.00. The second-order valence-corrected chi connectivity index (χ2v) is 4.84. The molecule has 4 heteroatoms. The molecule has 1 rings (SSSR count). The SMILES string of the molecule is C[C@H](N)C(=O)N1CCC[C@H](CN(C)C)C1. The van der Waals surface area contributed by atoms with E-state index in [0.29, 0.717) is 5.92 Å². The van der Waals surface area contributed by atoms with Gasteiger partial charge in [-0.3, -0.25) is 4.79 Å². The lowest BCUT2D eigenvalue weighted by Gasteiger charge is -2.34. The Balaban J connectivity index is 2.45. The van der Waals surface area contributed by atoms with Gasteiger partial charge in [0.05, 0.1) is 6.04 Å². The highest BCUT2D eigenvalue weighted by molar-refractivity contribution is 5.81. The quantitative estimate of drug-likeness (QED) is 0.725. The number of rotatable bonds is 3. The molecule has 0 aromatic carbocycles. The van der Waals surface area contributed by atoms with Gasteiger partial charge < -0.3 is 15.5 Å². The van der Waals surface area contributed by atoms with E-state index in [2.05, 4.69) is 19.0 Å². The van der Waals surface area contributed by atoms with Crippen LogP contribution in [-0.2, 0) is 4.79 Å². The van der Waals surface area contributed by atoms with Crippen LogP contribution in [0.15, 0.2) is 0 Å². The molecule has 1 heterocycles. The molecule has 0 spiro atoms. The van der Waals surface area contributed by atoms with Crippen molar-refractivity contribution in [2.24, 2.45) is 11.7 Å². The summed E-state index contributed by atoms with van der Waals surface area (Å²) in [6.45, 7) is 4.57. The van der Waals surface area contributed by atoms with Crippen LogP contribution in [0.4, 0.5) is 0 Å². The maximum absolute atomic E-state index is 11.7. The number of hydrogen-bond acceptors (Lipinski definition) is 3. The highest BCUT2D eigenvalue weighted by Crippen LogP contribution is 2.17. The Morgan fingerprint density at radius 2 is 2.27 bits per heavy atom. The van der Waals surface area contributed by atoms with Gasteiger partial charge in [0.2, 0.25) is 5.91 Å². The van der Waals surface area contributed by atoms with E-state index in [1.54, 1.807) is 6.92 Å². The molecule has 15 heavy (non-hydrogen) atoms. The number of nitrogens with zero attached hydrogens (tertiary/aromatic N) is 2. The molecule has 2 atom stereocenters. The van der Waals surface area contributed by atoms with Gasteiger partial charge >= 0.3 is 0 Å². The van der Waals surface area contributed by atoms with E-state index in [4.69, 9.17) is 5.73 Å². The van der Waals surface area contributed by atoms with E-state index < -0.39 is 0 Å². The third-order valence-corrected chi connectivity index (χ3v) is 2.84. The normalized spacial score (nSPS) is 24.3. The minimum atomic E-state index is -0.358. The van der Waals surface area contributed by atoms with Gasteiger partial charge in [0.15, 0.2) is 0 Å². The molecular formula is C11H23N3O. The molecule has 4 nitrogen and oxygen atoms in total. The Hall–Kier alpha value is -0.610. The Bertz CT molecular complexity index is 216. The topological polar surface area (TPSA) is 49.6 Å². The highest BCUT2D eigenvalue weighted by Gasteiger charge is 2.25. The Morgan fingerprint density at radius 1 is 1.60 bits per heavy atom. The van der Waals surface area contributed by atoms with Crippen molar-refractivity contribution in [1.29, 1.82) is 0 Å². The molecule has 0 aromatic heterocycles. The molecule has 0 saturated carbocycles. The summed E-state index contributed by atoms with van der Waals surface area (Å²) in [7, 11) is 4.15. The molecule has 2 N–H and O–H groups in total. The van der Waals surface area contributed by atoms with Crippen molar-refractivity contribution in [3.05, 3.63) is 0 Å². The molecule has 1 amide bonds. The smallest absolute Gasteiger partial charge is 0.239 e. The van der Waals surface area contributed by atoms with Crippen LogP contribution in [0.2, 0.25) is 0 Å². The number of piperidine rings is 1. The number of likely N-dealkylation sites (tertiary alicyclic amines) is 1. The molecule has 1 fully saturated rings. The predicted molar refractivity (Wildman–Crippen MR) is 61.5 cm³/mol. The molecule has 0 aliphatic carbocycles. The first-order valence-corrected chi connectivity index (χ1v) is 5.69. The summed E-state index contributed by atoms with van der Waals surface area (Å²) in [5.74, 6) is 0.704. The Kier molecular flexibility index (Phi) is 4.54. The van der Waals surface area contributed by atoms with Crippen LogP contribution in [0.1, 0.15) is 19.8 Å². The third kappa shape index (κ3) is 3.80. The second kappa shape index (κ2) is 5.47. The summed E-state index contributed by atoms with van der Waals surface area (Å²) in [6, 6.07) is -0.358. The van der Waals surface area contributed by atoms with E-state index in [-0.39, 0.29) is 11.9 Å². The molecule has 1 aliphatic heterocycles. The minimum absolute atomic E-state index is 0.0958. The van der Waals surface area contributed by atoms with E-state index in [9.17, 15) is 4.79 Å². The first-order valence-electron chi connectivity index (χ1n) is 5.69. The fourth-order valence-corrected chi connectivity index (χ4v) is 2.22. The first kappa shape index (κ1) is 12.5. The summed E-state index contributed by atoms with van der Waals surface area (Å²) in [4.78, 5) is 15.8. The zero-order valence-electron chi connectivity index (χ0n) is 10.1.